The van der Waals surface area contributed by atoms with E-state index in [9.17, 15) is 4.39 Å². The fourth-order valence-corrected chi connectivity index (χ4v) is 3.72. The van der Waals surface area contributed by atoms with E-state index >= 15 is 0 Å². The van der Waals surface area contributed by atoms with E-state index in [-0.39, 0.29) is 11.9 Å². The average molecular weight is 291 g/mol. The number of fused-ring (bicyclic) bond motifs is 1. The van der Waals surface area contributed by atoms with Crippen LogP contribution in [0.4, 0.5) is 10.1 Å². The van der Waals surface area contributed by atoms with Gasteiger partial charge in [-0.25, -0.2) is 4.39 Å². The van der Waals surface area contributed by atoms with Crippen LogP contribution in [0, 0.1) is 5.82 Å². The largest absolute Gasteiger partial charge is 0.364 e. The summed E-state index contributed by atoms with van der Waals surface area (Å²) in [6.07, 6.45) is 2.53. The van der Waals surface area contributed by atoms with Crippen molar-refractivity contribution in [1.29, 1.82) is 0 Å². The third-order valence-corrected chi connectivity index (χ3v) is 5.15. The van der Waals surface area contributed by atoms with Crippen molar-refractivity contribution in [3.05, 3.63) is 29.6 Å². The molecule has 0 aromatic heterocycles. The maximum Gasteiger partial charge on any atom is 0.146 e. The van der Waals surface area contributed by atoms with E-state index in [1.165, 1.54) is 19.4 Å². The second-order valence-corrected chi connectivity index (χ2v) is 6.51. The van der Waals surface area contributed by atoms with Crippen LogP contribution in [-0.4, -0.2) is 43.7 Å². The molecule has 1 N–H and O–H groups in total. The van der Waals surface area contributed by atoms with E-state index in [0.29, 0.717) is 12.1 Å². The number of rotatable bonds is 3. The monoisotopic (exact) mass is 291 g/mol. The molecular formula is C17H26FN3. The molecule has 3 atom stereocenters. The highest BCUT2D eigenvalue weighted by atomic mass is 19.1. The Bertz CT molecular complexity index is 505. The fraction of sp³-hybridized carbons (Fsp3) is 0.647. The minimum Gasteiger partial charge on any atom is -0.364 e. The fourth-order valence-electron chi connectivity index (χ4n) is 3.72. The average Bonchev–Trinajstić information content (AvgIpc) is 2.92. The Kier molecular flexibility index (Phi) is 4.18. The van der Waals surface area contributed by atoms with Crippen molar-refractivity contribution in [2.24, 2.45) is 0 Å². The standard InChI is InChI=1S/C17H26FN3/c1-12-10-20-8-4-5-15(20)11-21(12)17-7-6-14(9-16(17)18)13(2)19-3/h6-7,9,12-13,15,19H,4-5,8,10-11H2,1-3H3. The molecule has 1 aromatic carbocycles. The van der Waals surface area contributed by atoms with Gasteiger partial charge in [0.2, 0.25) is 0 Å². The Hall–Kier alpha value is -1.13. The molecule has 2 aliphatic heterocycles. The van der Waals surface area contributed by atoms with Crippen molar-refractivity contribution in [3.8, 4) is 0 Å². The number of benzene rings is 1. The predicted octanol–water partition coefficient (Wildman–Crippen LogP) is 2.78. The Morgan fingerprint density at radius 3 is 2.86 bits per heavy atom. The molecule has 3 nitrogen and oxygen atoms in total. The van der Waals surface area contributed by atoms with Crippen molar-refractivity contribution in [1.82, 2.24) is 10.2 Å². The van der Waals surface area contributed by atoms with Crippen LogP contribution >= 0.6 is 0 Å². The number of nitrogens with zero attached hydrogens (tertiary/aromatic N) is 2. The van der Waals surface area contributed by atoms with Gasteiger partial charge in [-0.1, -0.05) is 6.07 Å². The Morgan fingerprint density at radius 1 is 1.33 bits per heavy atom. The topological polar surface area (TPSA) is 18.5 Å². The molecule has 1 aromatic rings. The summed E-state index contributed by atoms with van der Waals surface area (Å²) in [6, 6.07) is 6.85. The summed E-state index contributed by atoms with van der Waals surface area (Å²) in [6.45, 7) is 7.48. The quantitative estimate of drug-likeness (QED) is 0.924. The third-order valence-electron chi connectivity index (χ3n) is 5.15. The molecule has 2 heterocycles. The lowest BCUT2D eigenvalue weighted by atomic mass is 10.0. The van der Waals surface area contributed by atoms with Crippen LogP contribution in [0.3, 0.4) is 0 Å². The Morgan fingerprint density at radius 2 is 2.14 bits per heavy atom. The highest BCUT2D eigenvalue weighted by molar-refractivity contribution is 5.51. The van der Waals surface area contributed by atoms with Crippen LogP contribution in [0.25, 0.3) is 0 Å². The third kappa shape index (κ3) is 2.79. The summed E-state index contributed by atoms with van der Waals surface area (Å²) in [4.78, 5) is 4.83. The van der Waals surface area contributed by atoms with Gasteiger partial charge in [0.1, 0.15) is 5.82 Å². The van der Waals surface area contributed by atoms with Crippen LogP contribution < -0.4 is 10.2 Å². The molecule has 0 saturated carbocycles. The van der Waals surface area contributed by atoms with E-state index < -0.39 is 0 Å². The summed E-state index contributed by atoms with van der Waals surface area (Å²) in [5.74, 6) is -0.0899. The summed E-state index contributed by atoms with van der Waals surface area (Å²) < 4.78 is 14.6. The normalized spacial score (nSPS) is 27.7. The van der Waals surface area contributed by atoms with E-state index in [4.69, 9.17) is 0 Å². The van der Waals surface area contributed by atoms with Gasteiger partial charge in [-0.05, 0) is 58.0 Å². The van der Waals surface area contributed by atoms with Gasteiger partial charge in [-0.2, -0.15) is 0 Å². The van der Waals surface area contributed by atoms with Gasteiger partial charge in [0.15, 0.2) is 0 Å². The molecule has 3 rings (SSSR count). The highest BCUT2D eigenvalue weighted by Gasteiger charge is 2.35. The molecule has 0 radical (unpaired) electrons. The molecule has 2 saturated heterocycles. The van der Waals surface area contributed by atoms with Crippen LogP contribution in [0.15, 0.2) is 18.2 Å². The molecular weight excluding hydrogens is 265 g/mol. The first kappa shape index (κ1) is 14.8. The molecule has 0 amide bonds. The molecule has 0 bridgehead atoms. The first-order chi connectivity index (χ1) is 10.1. The van der Waals surface area contributed by atoms with Crippen molar-refractivity contribution in [2.75, 3.05) is 31.6 Å². The molecule has 21 heavy (non-hydrogen) atoms. The van der Waals surface area contributed by atoms with Crippen LogP contribution in [-0.2, 0) is 0 Å². The number of hydrogen-bond acceptors (Lipinski definition) is 3. The zero-order valence-corrected chi connectivity index (χ0v) is 13.3. The van der Waals surface area contributed by atoms with Crippen molar-refractivity contribution in [2.45, 2.75) is 44.8 Å². The van der Waals surface area contributed by atoms with Gasteiger partial charge >= 0.3 is 0 Å². The zero-order chi connectivity index (χ0) is 15.0. The second-order valence-electron chi connectivity index (χ2n) is 6.51. The molecule has 0 spiro atoms. The van der Waals surface area contributed by atoms with Gasteiger partial charge in [0.05, 0.1) is 5.69 Å². The van der Waals surface area contributed by atoms with Gasteiger partial charge in [0.25, 0.3) is 0 Å². The van der Waals surface area contributed by atoms with Crippen LogP contribution in [0.1, 0.15) is 38.3 Å². The Labute approximate surface area is 127 Å². The summed E-state index contributed by atoms with van der Waals surface area (Å²) in [5, 5.41) is 3.16. The van der Waals surface area contributed by atoms with Gasteiger partial charge in [0, 0.05) is 31.2 Å². The number of piperazine rings is 1. The number of halogens is 1. The van der Waals surface area contributed by atoms with E-state index in [0.717, 1.165) is 24.3 Å². The maximum absolute atomic E-state index is 14.6. The minimum atomic E-state index is -0.0899. The summed E-state index contributed by atoms with van der Waals surface area (Å²) >= 11 is 0. The van der Waals surface area contributed by atoms with Crippen molar-refractivity contribution in [3.63, 3.8) is 0 Å². The van der Waals surface area contributed by atoms with Gasteiger partial charge in [-0.15, -0.1) is 0 Å². The van der Waals surface area contributed by atoms with Gasteiger partial charge in [-0.3, -0.25) is 4.90 Å². The van der Waals surface area contributed by atoms with Gasteiger partial charge < -0.3 is 10.2 Å². The number of hydrogen-bond donors (Lipinski definition) is 1. The molecule has 0 aliphatic carbocycles. The van der Waals surface area contributed by atoms with Crippen molar-refractivity contribution < 1.29 is 4.39 Å². The molecule has 2 fully saturated rings. The smallest absolute Gasteiger partial charge is 0.146 e. The SMILES string of the molecule is CNC(C)c1ccc(N2CC3CCCN3CC2C)c(F)c1. The van der Waals surface area contributed by atoms with Crippen molar-refractivity contribution >= 4 is 5.69 Å². The summed E-state index contributed by atoms with van der Waals surface area (Å²) in [5.41, 5.74) is 1.77. The predicted molar refractivity (Wildman–Crippen MR) is 85.3 cm³/mol. The number of anilines is 1. The summed E-state index contributed by atoms with van der Waals surface area (Å²) in [7, 11) is 1.90. The highest BCUT2D eigenvalue weighted by Crippen LogP contribution is 2.31. The van der Waals surface area contributed by atoms with E-state index in [1.54, 1.807) is 6.07 Å². The molecule has 3 unspecified atom stereocenters. The Balaban J connectivity index is 1.82. The molecule has 2 aliphatic rings. The van der Waals surface area contributed by atoms with Crippen LogP contribution in [0.5, 0.6) is 0 Å². The molecule has 4 heteroatoms. The lowest BCUT2D eigenvalue weighted by Gasteiger charge is -2.43. The minimum absolute atomic E-state index is 0.0899. The van der Waals surface area contributed by atoms with E-state index in [2.05, 4.69) is 22.0 Å². The maximum atomic E-state index is 14.6. The first-order valence-corrected chi connectivity index (χ1v) is 8.07. The molecule has 116 valence electrons. The lowest BCUT2D eigenvalue weighted by Crippen LogP contribution is -2.55. The lowest BCUT2D eigenvalue weighted by molar-refractivity contribution is 0.202. The first-order valence-electron chi connectivity index (χ1n) is 8.07. The van der Waals surface area contributed by atoms with Crippen LogP contribution in [0.2, 0.25) is 0 Å². The second kappa shape index (κ2) is 5.93. The zero-order valence-electron chi connectivity index (χ0n) is 13.3. The number of nitrogens with one attached hydrogen (secondary N) is 1. The van der Waals surface area contributed by atoms with E-state index in [1.807, 2.05) is 26.1 Å².